The van der Waals surface area contributed by atoms with Crippen LogP contribution in [0.2, 0.25) is 0 Å². The Hall–Kier alpha value is -5.78. The summed E-state index contributed by atoms with van der Waals surface area (Å²) in [7, 11) is 0. The highest BCUT2D eigenvalue weighted by Gasteiger charge is 2.25. The first-order valence-corrected chi connectivity index (χ1v) is 22.3. The van der Waals surface area contributed by atoms with Crippen LogP contribution in [0.1, 0.15) is 142 Å². The Balaban J connectivity index is 0.000000236. The molecule has 2 heterocycles. The molecule has 0 aliphatic carbocycles. The number of fused-ring (bicyclic) bond motifs is 2. The molecule has 0 atom stereocenters. The zero-order valence-electron chi connectivity index (χ0n) is 38.0. The van der Waals surface area contributed by atoms with Crippen LogP contribution in [0.15, 0.2) is 72.8 Å². The Morgan fingerprint density at radius 1 is 0.532 bits per heavy atom. The summed E-state index contributed by atoms with van der Waals surface area (Å²) in [5.41, 5.74) is 7.02. The molecule has 0 aliphatic rings. The third-order valence-corrected chi connectivity index (χ3v) is 10.7. The monoisotopic (exact) mass is 847 g/mol. The van der Waals surface area contributed by atoms with E-state index >= 15 is 0 Å². The molecule has 12 nitrogen and oxygen atoms in total. The fourth-order valence-corrected chi connectivity index (χ4v) is 7.06. The van der Waals surface area contributed by atoms with Gasteiger partial charge in [0.1, 0.15) is 44.9 Å². The molecule has 0 unspecified atom stereocenters. The van der Waals surface area contributed by atoms with E-state index in [1.54, 1.807) is 0 Å². The van der Waals surface area contributed by atoms with E-state index in [4.69, 9.17) is 9.47 Å². The van der Waals surface area contributed by atoms with E-state index in [9.17, 15) is 19.8 Å². The fourth-order valence-electron chi connectivity index (χ4n) is 7.06. The van der Waals surface area contributed by atoms with Crippen LogP contribution in [0.4, 0.5) is 0 Å². The van der Waals surface area contributed by atoms with Crippen molar-refractivity contribution in [3.63, 3.8) is 0 Å². The maximum atomic E-state index is 12.3. The molecule has 6 aromatic rings. The van der Waals surface area contributed by atoms with Gasteiger partial charge in [-0.2, -0.15) is 0 Å². The van der Waals surface area contributed by atoms with Gasteiger partial charge in [-0.15, -0.1) is 30.0 Å². The van der Waals surface area contributed by atoms with Gasteiger partial charge in [-0.25, -0.2) is 0 Å². The molecule has 0 fully saturated rings. The number of unbranched alkanes of at least 4 members (excludes halogenated alkanes) is 6. The Morgan fingerprint density at radius 2 is 0.887 bits per heavy atom. The summed E-state index contributed by atoms with van der Waals surface area (Å²) in [5, 5.41) is 40.1. The van der Waals surface area contributed by atoms with E-state index in [-0.39, 0.29) is 34.3 Å². The topological polar surface area (TPSA) is 154 Å². The number of phenols is 2. The number of aryl methyl sites for hydroxylation is 2. The lowest BCUT2D eigenvalue weighted by molar-refractivity contribution is -0.144. The largest absolute Gasteiger partial charge is 0.505 e. The minimum absolute atomic E-state index is 0.159. The average molecular weight is 847 g/mol. The van der Waals surface area contributed by atoms with Crippen molar-refractivity contribution < 1.29 is 29.3 Å². The SMILES string of the molecule is CCCCCCCCOC(=O)CCc1cc(-n2nc3ccccc3n2)c(O)c(C(C)(C)C)c1.CCCCOC(=O)CCc1cc(-n2nc3ccccc3n2)c(O)c(C(C)(C)C)c1. The number of phenolic OH excluding ortho intramolecular Hbond substituents is 2. The van der Waals surface area contributed by atoms with Gasteiger partial charge < -0.3 is 19.7 Å². The molecule has 332 valence electrons. The second-order valence-electron chi connectivity index (χ2n) is 18.0. The minimum Gasteiger partial charge on any atom is -0.505 e. The maximum Gasteiger partial charge on any atom is 0.306 e. The fraction of sp³-hybridized carbons (Fsp3) is 0.480. The molecule has 0 saturated carbocycles. The first-order valence-electron chi connectivity index (χ1n) is 22.3. The number of rotatable bonds is 18. The third kappa shape index (κ3) is 13.1. The number of hydrogen-bond donors (Lipinski definition) is 2. The smallest absolute Gasteiger partial charge is 0.306 e. The summed E-state index contributed by atoms with van der Waals surface area (Å²) in [5.74, 6) is -0.0592. The molecule has 62 heavy (non-hydrogen) atoms. The van der Waals surface area contributed by atoms with E-state index in [1.807, 2.05) is 93.6 Å². The van der Waals surface area contributed by atoms with Crippen LogP contribution in [0.25, 0.3) is 33.4 Å². The van der Waals surface area contributed by atoms with Gasteiger partial charge in [-0.1, -0.05) is 130 Å². The predicted octanol–water partition coefficient (Wildman–Crippen LogP) is 11.0. The molecule has 0 aliphatic heterocycles. The molecule has 2 aromatic heterocycles. The summed E-state index contributed by atoms with van der Waals surface area (Å²) < 4.78 is 10.7. The summed E-state index contributed by atoms with van der Waals surface area (Å²) in [6.07, 6.45) is 10.5. The summed E-state index contributed by atoms with van der Waals surface area (Å²) in [6, 6.07) is 22.8. The first-order chi connectivity index (χ1) is 29.6. The maximum absolute atomic E-state index is 12.3. The summed E-state index contributed by atoms with van der Waals surface area (Å²) in [4.78, 5) is 27.2. The molecule has 2 N–H and O–H groups in total. The number of carbonyl (C=O) groups excluding carboxylic acids is 2. The number of aromatic nitrogens is 6. The third-order valence-electron chi connectivity index (χ3n) is 10.7. The molecule has 0 spiro atoms. The van der Waals surface area contributed by atoms with E-state index in [1.165, 1.54) is 35.3 Å². The number of nitrogens with zero attached hydrogens (tertiary/aromatic N) is 6. The van der Waals surface area contributed by atoms with Crippen molar-refractivity contribution in [2.45, 2.75) is 143 Å². The Kier molecular flexibility index (Phi) is 16.6. The van der Waals surface area contributed by atoms with Gasteiger partial charge in [0.05, 0.1) is 13.2 Å². The van der Waals surface area contributed by atoms with Crippen LogP contribution < -0.4 is 0 Å². The van der Waals surface area contributed by atoms with Gasteiger partial charge in [0.25, 0.3) is 0 Å². The van der Waals surface area contributed by atoms with Crippen LogP contribution in [-0.2, 0) is 42.7 Å². The summed E-state index contributed by atoms with van der Waals surface area (Å²) in [6.45, 7) is 17.5. The van der Waals surface area contributed by atoms with Crippen LogP contribution in [0.5, 0.6) is 11.5 Å². The van der Waals surface area contributed by atoms with E-state index in [0.29, 0.717) is 50.3 Å². The van der Waals surface area contributed by atoms with E-state index < -0.39 is 0 Å². The van der Waals surface area contributed by atoms with Crippen molar-refractivity contribution in [1.29, 1.82) is 0 Å². The number of benzene rings is 4. The lowest BCUT2D eigenvalue weighted by atomic mass is 9.84. The van der Waals surface area contributed by atoms with E-state index in [0.717, 1.165) is 70.0 Å². The van der Waals surface area contributed by atoms with Gasteiger partial charge in [-0.3, -0.25) is 9.59 Å². The van der Waals surface area contributed by atoms with Crippen LogP contribution in [0.3, 0.4) is 0 Å². The van der Waals surface area contributed by atoms with Crippen LogP contribution in [-0.4, -0.2) is 65.4 Å². The molecule has 4 aromatic carbocycles. The molecule has 6 rings (SSSR count). The van der Waals surface area contributed by atoms with Gasteiger partial charge in [0.15, 0.2) is 0 Å². The molecular weight excluding hydrogens is 781 g/mol. The second kappa shape index (κ2) is 21.8. The lowest BCUT2D eigenvalue weighted by Gasteiger charge is -2.23. The quantitative estimate of drug-likeness (QED) is 0.0631. The highest BCUT2D eigenvalue weighted by molar-refractivity contribution is 5.75. The molecule has 0 saturated heterocycles. The number of esters is 2. The highest BCUT2D eigenvalue weighted by atomic mass is 16.5. The van der Waals surface area contributed by atoms with Crippen LogP contribution >= 0.6 is 0 Å². The van der Waals surface area contributed by atoms with Crippen molar-refractivity contribution in [1.82, 2.24) is 30.0 Å². The standard InChI is InChI=1S/C27H37N3O3.C23H29N3O3/c1-5-6-7-8-9-12-17-33-25(31)16-15-20-18-21(27(2,3)4)26(32)24(19-20)30-28-22-13-10-11-14-23(22)29-30;1-5-6-13-29-21(27)12-11-16-14-17(23(2,3)4)22(28)20(15-16)26-24-18-9-7-8-10-19(18)25-26/h10-11,13-14,18-19,32H,5-9,12,15-17H2,1-4H3;7-10,14-15,28H,5-6,11-13H2,1-4H3. The van der Waals surface area contributed by atoms with Crippen molar-refractivity contribution in [2.75, 3.05) is 13.2 Å². The number of hydrogen-bond acceptors (Lipinski definition) is 10. The Bertz CT molecular complexity index is 2340. The zero-order valence-corrected chi connectivity index (χ0v) is 38.0. The molecule has 12 heteroatoms. The normalized spacial score (nSPS) is 11.7. The molecular formula is C50H66N6O6. The van der Waals surface area contributed by atoms with Gasteiger partial charge in [-0.05, 0) is 84.0 Å². The summed E-state index contributed by atoms with van der Waals surface area (Å²) >= 11 is 0. The van der Waals surface area contributed by atoms with Crippen molar-refractivity contribution in [2.24, 2.45) is 0 Å². The average Bonchev–Trinajstić information content (AvgIpc) is 3.87. The zero-order chi connectivity index (χ0) is 44.9. The van der Waals surface area contributed by atoms with Gasteiger partial charge in [0, 0.05) is 24.0 Å². The van der Waals surface area contributed by atoms with Gasteiger partial charge in [0.2, 0.25) is 0 Å². The highest BCUT2D eigenvalue weighted by Crippen LogP contribution is 2.38. The van der Waals surface area contributed by atoms with Crippen molar-refractivity contribution in [3.8, 4) is 22.9 Å². The molecule has 0 amide bonds. The van der Waals surface area contributed by atoms with Crippen LogP contribution in [0, 0.1) is 0 Å². The molecule has 0 bridgehead atoms. The predicted molar refractivity (Wildman–Crippen MR) is 245 cm³/mol. The first kappa shape index (κ1) is 47.3. The van der Waals surface area contributed by atoms with E-state index in [2.05, 4.69) is 55.0 Å². The number of aromatic hydroxyl groups is 2. The number of carbonyl (C=O) groups is 2. The Morgan fingerprint density at radius 3 is 1.26 bits per heavy atom. The van der Waals surface area contributed by atoms with Crippen molar-refractivity contribution >= 4 is 34.0 Å². The van der Waals surface area contributed by atoms with Gasteiger partial charge >= 0.3 is 11.9 Å². The molecule has 0 radical (unpaired) electrons. The number of ether oxygens (including phenoxy) is 2. The Labute approximate surface area is 366 Å². The lowest BCUT2D eigenvalue weighted by Crippen LogP contribution is -2.14. The van der Waals surface area contributed by atoms with Crippen molar-refractivity contribution in [3.05, 3.63) is 95.1 Å². The second-order valence-corrected chi connectivity index (χ2v) is 18.0. The minimum atomic E-state index is -0.278.